The van der Waals surface area contributed by atoms with Crippen LogP contribution in [0.4, 0.5) is 0 Å². The van der Waals surface area contributed by atoms with Crippen molar-refractivity contribution in [1.82, 2.24) is 0 Å². The van der Waals surface area contributed by atoms with Crippen molar-refractivity contribution < 1.29 is 9.62 Å². The highest BCUT2D eigenvalue weighted by molar-refractivity contribution is 5.85. The highest BCUT2D eigenvalue weighted by atomic mass is 16.4. The van der Waals surface area contributed by atoms with Gasteiger partial charge >= 0.3 is 0 Å². The topological polar surface area (TPSA) is 45.7 Å². The van der Waals surface area contributed by atoms with Crippen molar-refractivity contribution in [2.24, 2.45) is 5.16 Å². The van der Waals surface area contributed by atoms with Gasteiger partial charge in [0.05, 0.1) is 12.7 Å². The van der Waals surface area contributed by atoms with Crippen molar-refractivity contribution in [1.29, 1.82) is 0 Å². The molecule has 0 unspecified atom stereocenters. The standard InChI is InChI=1S/C10H8NO2/c12-11-6-5-10-9-4-2-1-3-8(9)7-13-10/h1-4,7,12H,5H2. The summed E-state index contributed by atoms with van der Waals surface area (Å²) < 4.78 is 5.28. The maximum atomic E-state index is 8.21. The SMILES string of the molecule is ON=[C]Cc1occ2ccccc12. The van der Waals surface area contributed by atoms with E-state index in [1.807, 2.05) is 24.3 Å². The van der Waals surface area contributed by atoms with Crippen LogP contribution in [0.3, 0.4) is 0 Å². The van der Waals surface area contributed by atoms with Gasteiger partial charge in [0.1, 0.15) is 12.0 Å². The molecule has 13 heavy (non-hydrogen) atoms. The lowest BCUT2D eigenvalue weighted by molar-refractivity contribution is 0.320. The highest BCUT2D eigenvalue weighted by Crippen LogP contribution is 2.20. The van der Waals surface area contributed by atoms with Crippen molar-refractivity contribution in [3.05, 3.63) is 36.3 Å². The van der Waals surface area contributed by atoms with E-state index in [0.29, 0.717) is 6.42 Å². The molecule has 3 nitrogen and oxygen atoms in total. The molecule has 0 atom stereocenters. The Labute approximate surface area is 75.3 Å². The quantitative estimate of drug-likeness (QED) is 0.431. The maximum Gasteiger partial charge on any atom is 0.117 e. The Bertz CT molecular complexity index is 431. The van der Waals surface area contributed by atoms with Crippen molar-refractivity contribution in [2.45, 2.75) is 6.42 Å². The molecule has 3 heteroatoms. The maximum absolute atomic E-state index is 8.21. The Balaban J connectivity index is 2.45. The first-order valence-electron chi connectivity index (χ1n) is 3.94. The molecule has 1 aromatic carbocycles. The third-order valence-corrected chi connectivity index (χ3v) is 1.90. The fourth-order valence-corrected chi connectivity index (χ4v) is 1.30. The van der Waals surface area contributed by atoms with Gasteiger partial charge in [-0.15, -0.1) is 0 Å². The lowest BCUT2D eigenvalue weighted by Gasteiger charge is -1.89. The Kier molecular flexibility index (Phi) is 2.00. The molecule has 0 bridgehead atoms. The summed E-state index contributed by atoms with van der Waals surface area (Å²) in [5.41, 5.74) is 0. The van der Waals surface area contributed by atoms with Gasteiger partial charge < -0.3 is 9.62 Å². The van der Waals surface area contributed by atoms with Crippen molar-refractivity contribution in [3.8, 4) is 0 Å². The Morgan fingerprint density at radius 2 is 2.23 bits per heavy atom. The molecule has 0 aliphatic rings. The first kappa shape index (κ1) is 7.86. The minimum Gasteiger partial charge on any atom is -0.468 e. The average Bonchev–Trinajstić information content (AvgIpc) is 2.58. The minimum absolute atomic E-state index is 0.393. The first-order valence-corrected chi connectivity index (χ1v) is 3.94. The van der Waals surface area contributed by atoms with Crippen LogP contribution in [-0.4, -0.2) is 11.4 Å². The second-order valence-corrected chi connectivity index (χ2v) is 2.68. The van der Waals surface area contributed by atoms with E-state index < -0.39 is 0 Å². The lowest BCUT2D eigenvalue weighted by Crippen LogP contribution is -1.82. The predicted octanol–water partition coefficient (Wildman–Crippen LogP) is 2.31. The van der Waals surface area contributed by atoms with Crippen LogP contribution in [0.5, 0.6) is 0 Å². The molecule has 65 valence electrons. The van der Waals surface area contributed by atoms with Gasteiger partial charge in [-0.1, -0.05) is 29.4 Å². The van der Waals surface area contributed by atoms with Crippen LogP contribution in [0, 0.1) is 0 Å². The molecule has 0 saturated heterocycles. The Morgan fingerprint density at radius 1 is 1.38 bits per heavy atom. The molecular formula is C10H8NO2. The summed E-state index contributed by atoms with van der Waals surface area (Å²) in [6, 6.07) is 7.83. The highest BCUT2D eigenvalue weighted by Gasteiger charge is 2.03. The summed E-state index contributed by atoms with van der Waals surface area (Å²) in [4.78, 5) is 0. The molecule has 0 amide bonds. The lowest BCUT2D eigenvalue weighted by atomic mass is 10.1. The number of nitrogens with zero attached hydrogens (tertiary/aromatic N) is 1. The number of hydrogen-bond acceptors (Lipinski definition) is 3. The largest absolute Gasteiger partial charge is 0.468 e. The van der Waals surface area contributed by atoms with E-state index in [1.54, 1.807) is 6.26 Å². The number of hydrogen-bond donors (Lipinski definition) is 1. The third kappa shape index (κ3) is 1.40. The van der Waals surface area contributed by atoms with E-state index in [0.717, 1.165) is 16.5 Å². The van der Waals surface area contributed by atoms with Gasteiger partial charge in [-0.3, -0.25) is 0 Å². The number of furan rings is 1. The summed E-state index contributed by atoms with van der Waals surface area (Å²) in [7, 11) is 0. The summed E-state index contributed by atoms with van der Waals surface area (Å²) in [5.74, 6) is 0.772. The van der Waals surface area contributed by atoms with Crippen molar-refractivity contribution in [3.63, 3.8) is 0 Å². The number of fused-ring (bicyclic) bond motifs is 1. The summed E-state index contributed by atoms with van der Waals surface area (Å²) in [6.45, 7) is 0. The molecule has 2 rings (SSSR count). The van der Waals surface area contributed by atoms with Gasteiger partial charge in [-0.05, 0) is 0 Å². The monoisotopic (exact) mass is 174 g/mol. The fraction of sp³-hybridized carbons (Fsp3) is 0.100. The van der Waals surface area contributed by atoms with E-state index >= 15 is 0 Å². The molecule has 0 spiro atoms. The van der Waals surface area contributed by atoms with Crippen LogP contribution < -0.4 is 0 Å². The molecule has 1 aromatic heterocycles. The molecule has 0 fully saturated rings. The molecule has 1 heterocycles. The van der Waals surface area contributed by atoms with Crippen LogP contribution in [0.25, 0.3) is 10.8 Å². The van der Waals surface area contributed by atoms with E-state index in [-0.39, 0.29) is 0 Å². The normalized spacial score (nSPS) is 11.4. The zero-order valence-electron chi connectivity index (χ0n) is 6.90. The van der Waals surface area contributed by atoms with Crippen molar-refractivity contribution in [2.75, 3.05) is 0 Å². The smallest absolute Gasteiger partial charge is 0.117 e. The van der Waals surface area contributed by atoms with E-state index in [4.69, 9.17) is 9.62 Å². The molecule has 0 aliphatic carbocycles. The zero-order valence-corrected chi connectivity index (χ0v) is 6.90. The van der Waals surface area contributed by atoms with Crippen LogP contribution in [0.1, 0.15) is 5.76 Å². The van der Waals surface area contributed by atoms with Crippen LogP contribution in [0.15, 0.2) is 40.1 Å². The molecule has 0 aliphatic heterocycles. The second-order valence-electron chi connectivity index (χ2n) is 2.68. The van der Waals surface area contributed by atoms with Gasteiger partial charge in [-0.2, -0.15) is 0 Å². The Hall–Kier alpha value is -1.77. The van der Waals surface area contributed by atoms with Crippen molar-refractivity contribution >= 4 is 17.0 Å². The number of rotatable bonds is 2. The zero-order chi connectivity index (χ0) is 9.10. The van der Waals surface area contributed by atoms with E-state index in [1.165, 1.54) is 0 Å². The Morgan fingerprint density at radius 3 is 3.08 bits per heavy atom. The molecular weight excluding hydrogens is 166 g/mol. The predicted molar refractivity (Wildman–Crippen MR) is 49.1 cm³/mol. The average molecular weight is 174 g/mol. The summed E-state index contributed by atoms with van der Waals surface area (Å²) in [6.07, 6.45) is 4.51. The molecule has 0 saturated carbocycles. The molecule has 1 radical (unpaired) electrons. The van der Waals surface area contributed by atoms with Gasteiger partial charge in [-0.25, -0.2) is 0 Å². The van der Waals surface area contributed by atoms with Gasteiger partial charge in [0.2, 0.25) is 0 Å². The van der Waals surface area contributed by atoms with Crippen LogP contribution in [0.2, 0.25) is 0 Å². The first-order chi connectivity index (χ1) is 6.42. The van der Waals surface area contributed by atoms with Gasteiger partial charge in [0, 0.05) is 10.8 Å². The minimum atomic E-state index is 0.393. The van der Waals surface area contributed by atoms with Crippen LogP contribution >= 0.6 is 0 Å². The summed E-state index contributed by atoms with van der Waals surface area (Å²) >= 11 is 0. The van der Waals surface area contributed by atoms with E-state index in [9.17, 15) is 0 Å². The molecule has 2 aromatic rings. The van der Waals surface area contributed by atoms with E-state index in [2.05, 4.69) is 11.4 Å². The fourth-order valence-electron chi connectivity index (χ4n) is 1.30. The molecule has 1 N–H and O–H groups in total. The third-order valence-electron chi connectivity index (χ3n) is 1.90. The number of benzene rings is 1. The van der Waals surface area contributed by atoms with Crippen LogP contribution in [-0.2, 0) is 6.42 Å². The van der Waals surface area contributed by atoms with Gasteiger partial charge in [0.15, 0.2) is 0 Å². The second kappa shape index (κ2) is 3.31. The summed E-state index contributed by atoms with van der Waals surface area (Å²) in [5, 5.41) is 13.1. The van der Waals surface area contributed by atoms with Gasteiger partial charge in [0.25, 0.3) is 0 Å².